The smallest absolute Gasteiger partial charge is 0.317 e. The van der Waals surface area contributed by atoms with Crippen molar-refractivity contribution in [2.75, 3.05) is 20.1 Å². The molecule has 0 saturated heterocycles. The Bertz CT molecular complexity index is 182. The lowest BCUT2D eigenvalue weighted by atomic mass is 9.97. The zero-order valence-corrected chi connectivity index (χ0v) is 10.3. The van der Waals surface area contributed by atoms with Gasteiger partial charge in [0.15, 0.2) is 0 Å². The molecule has 0 aliphatic carbocycles. The van der Waals surface area contributed by atoms with Gasteiger partial charge in [0.25, 0.3) is 0 Å². The molecule has 0 aromatic carbocycles. The van der Waals surface area contributed by atoms with Crippen molar-refractivity contribution in [1.82, 2.24) is 10.2 Å². The van der Waals surface area contributed by atoms with Crippen LogP contribution < -0.4 is 5.32 Å². The van der Waals surface area contributed by atoms with E-state index in [2.05, 4.69) is 39.9 Å². The summed E-state index contributed by atoms with van der Waals surface area (Å²) in [5, 5.41) is 2.91. The fourth-order valence-corrected chi connectivity index (χ4v) is 1.11. The number of hydrogen-bond acceptors (Lipinski definition) is 1. The number of hydrogen-bond donors (Lipinski definition) is 1. The van der Waals surface area contributed by atoms with Gasteiger partial charge in [-0.25, -0.2) is 4.79 Å². The lowest BCUT2D eigenvalue weighted by molar-refractivity contribution is 0.198. The molecule has 3 nitrogen and oxygen atoms in total. The molecule has 2 amide bonds. The first kappa shape index (κ1) is 13.3. The van der Waals surface area contributed by atoms with E-state index in [9.17, 15) is 4.79 Å². The molecule has 0 heterocycles. The van der Waals surface area contributed by atoms with E-state index in [4.69, 9.17) is 0 Å². The Morgan fingerprint density at radius 3 is 2.21 bits per heavy atom. The van der Waals surface area contributed by atoms with Crippen molar-refractivity contribution in [2.45, 2.75) is 34.6 Å². The molecule has 0 rings (SSSR count). The normalized spacial score (nSPS) is 11.6. The van der Waals surface area contributed by atoms with Crippen molar-refractivity contribution in [2.24, 2.45) is 11.3 Å². The summed E-state index contributed by atoms with van der Waals surface area (Å²) in [6.45, 7) is 12.0. The van der Waals surface area contributed by atoms with Gasteiger partial charge in [-0.2, -0.15) is 0 Å². The van der Waals surface area contributed by atoms with Crippen LogP contribution in [0.3, 0.4) is 0 Å². The highest BCUT2D eigenvalue weighted by atomic mass is 16.2. The van der Waals surface area contributed by atoms with Gasteiger partial charge in [0, 0.05) is 20.1 Å². The van der Waals surface area contributed by atoms with Crippen molar-refractivity contribution in [3.05, 3.63) is 0 Å². The lowest BCUT2D eigenvalue weighted by Crippen LogP contribution is -2.42. The van der Waals surface area contributed by atoms with Crippen LogP contribution in [-0.2, 0) is 0 Å². The second kappa shape index (κ2) is 5.23. The fourth-order valence-electron chi connectivity index (χ4n) is 1.11. The molecule has 0 aromatic heterocycles. The van der Waals surface area contributed by atoms with Crippen LogP contribution in [-0.4, -0.2) is 31.1 Å². The molecule has 0 unspecified atom stereocenters. The SMILES string of the molecule is CC(C)CN(C)C(=O)NCC(C)(C)C. The predicted octanol–water partition coefficient (Wildman–Crippen LogP) is 2.33. The average Bonchev–Trinajstić information content (AvgIpc) is 1.97. The maximum atomic E-state index is 11.5. The highest BCUT2D eigenvalue weighted by molar-refractivity contribution is 5.73. The first-order chi connectivity index (χ1) is 6.22. The van der Waals surface area contributed by atoms with Crippen LogP contribution >= 0.6 is 0 Å². The van der Waals surface area contributed by atoms with Crippen molar-refractivity contribution < 1.29 is 4.79 Å². The standard InChI is InChI=1S/C11H24N2O/c1-9(2)7-13(6)10(14)12-8-11(3,4)5/h9H,7-8H2,1-6H3,(H,12,14). The highest BCUT2D eigenvalue weighted by Gasteiger charge is 2.14. The van der Waals surface area contributed by atoms with Gasteiger partial charge in [0.1, 0.15) is 0 Å². The average molecular weight is 200 g/mol. The lowest BCUT2D eigenvalue weighted by Gasteiger charge is -2.24. The minimum absolute atomic E-state index is 0.0219. The Labute approximate surface area is 87.9 Å². The van der Waals surface area contributed by atoms with Crippen LogP contribution in [0.1, 0.15) is 34.6 Å². The van der Waals surface area contributed by atoms with Gasteiger partial charge in [0.2, 0.25) is 0 Å². The largest absolute Gasteiger partial charge is 0.337 e. The zero-order valence-electron chi connectivity index (χ0n) is 10.3. The van der Waals surface area contributed by atoms with E-state index in [0.29, 0.717) is 12.5 Å². The maximum absolute atomic E-state index is 11.5. The molecule has 0 aromatic rings. The molecule has 0 atom stereocenters. The predicted molar refractivity (Wildman–Crippen MR) is 60.3 cm³/mol. The third-order valence-corrected chi connectivity index (χ3v) is 1.76. The third-order valence-electron chi connectivity index (χ3n) is 1.76. The first-order valence-electron chi connectivity index (χ1n) is 5.21. The van der Waals surface area contributed by atoms with E-state index in [0.717, 1.165) is 6.54 Å². The summed E-state index contributed by atoms with van der Waals surface area (Å²) < 4.78 is 0. The summed E-state index contributed by atoms with van der Waals surface area (Å²) in [5.74, 6) is 0.514. The van der Waals surface area contributed by atoms with Crippen LogP contribution in [0.4, 0.5) is 4.79 Å². The number of carbonyl (C=O) groups is 1. The van der Waals surface area contributed by atoms with Crippen molar-refractivity contribution in [3.63, 3.8) is 0 Å². The molecule has 84 valence electrons. The number of rotatable bonds is 3. The molecule has 0 aliphatic rings. The molecule has 3 heteroatoms. The first-order valence-corrected chi connectivity index (χ1v) is 5.21. The van der Waals surface area contributed by atoms with Gasteiger partial charge in [-0.1, -0.05) is 34.6 Å². The van der Waals surface area contributed by atoms with Crippen LogP contribution in [0.2, 0.25) is 0 Å². The molecule has 0 aliphatic heterocycles. The quantitative estimate of drug-likeness (QED) is 0.745. The topological polar surface area (TPSA) is 32.3 Å². The number of carbonyl (C=O) groups excluding carboxylic acids is 1. The summed E-state index contributed by atoms with van der Waals surface area (Å²) in [5.41, 5.74) is 0.147. The second-order valence-corrected chi connectivity index (χ2v) is 5.49. The van der Waals surface area contributed by atoms with Crippen molar-refractivity contribution in [1.29, 1.82) is 0 Å². The Kier molecular flexibility index (Phi) is 4.95. The van der Waals surface area contributed by atoms with Crippen LogP contribution in [0, 0.1) is 11.3 Å². The van der Waals surface area contributed by atoms with Crippen molar-refractivity contribution in [3.8, 4) is 0 Å². The molecular weight excluding hydrogens is 176 g/mol. The second-order valence-electron chi connectivity index (χ2n) is 5.49. The molecule has 1 N–H and O–H groups in total. The van der Waals surface area contributed by atoms with E-state index >= 15 is 0 Å². The maximum Gasteiger partial charge on any atom is 0.317 e. The molecule has 0 fully saturated rings. The van der Waals surface area contributed by atoms with Crippen LogP contribution in [0.25, 0.3) is 0 Å². The number of urea groups is 1. The van der Waals surface area contributed by atoms with E-state index in [1.165, 1.54) is 0 Å². The summed E-state index contributed by atoms with van der Waals surface area (Å²) >= 11 is 0. The van der Waals surface area contributed by atoms with Gasteiger partial charge in [-0.15, -0.1) is 0 Å². The monoisotopic (exact) mass is 200 g/mol. The summed E-state index contributed by atoms with van der Waals surface area (Å²) in [6.07, 6.45) is 0. The van der Waals surface area contributed by atoms with Gasteiger partial charge in [-0.05, 0) is 11.3 Å². The molecule has 0 radical (unpaired) electrons. The zero-order chi connectivity index (χ0) is 11.4. The van der Waals surface area contributed by atoms with E-state index < -0.39 is 0 Å². The molecule has 0 spiro atoms. The van der Waals surface area contributed by atoms with Crippen LogP contribution in [0.5, 0.6) is 0 Å². The Balaban J connectivity index is 3.85. The minimum Gasteiger partial charge on any atom is -0.337 e. The highest BCUT2D eigenvalue weighted by Crippen LogP contribution is 2.10. The van der Waals surface area contributed by atoms with E-state index in [1.807, 2.05) is 7.05 Å². The van der Waals surface area contributed by atoms with Gasteiger partial charge >= 0.3 is 6.03 Å². The third kappa shape index (κ3) is 6.75. The van der Waals surface area contributed by atoms with Crippen LogP contribution in [0.15, 0.2) is 0 Å². The van der Waals surface area contributed by atoms with Gasteiger partial charge in [0.05, 0.1) is 0 Å². The van der Waals surface area contributed by atoms with Crippen molar-refractivity contribution >= 4 is 6.03 Å². The number of nitrogens with zero attached hydrogens (tertiary/aromatic N) is 1. The Morgan fingerprint density at radius 1 is 1.36 bits per heavy atom. The Morgan fingerprint density at radius 2 is 1.86 bits per heavy atom. The molecule has 0 bridgehead atoms. The van der Waals surface area contributed by atoms with E-state index in [1.54, 1.807) is 4.90 Å². The summed E-state index contributed by atoms with van der Waals surface area (Å²) in [6, 6.07) is 0.0219. The number of amides is 2. The minimum atomic E-state index is 0.0219. The molecule has 0 saturated carbocycles. The molecular formula is C11H24N2O. The summed E-state index contributed by atoms with van der Waals surface area (Å²) in [7, 11) is 1.83. The Hall–Kier alpha value is -0.730. The fraction of sp³-hybridized carbons (Fsp3) is 0.909. The summed E-state index contributed by atoms with van der Waals surface area (Å²) in [4.78, 5) is 13.3. The number of nitrogens with one attached hydrogen (secondary N) is 1. The molecule has 14 heavy (non-hydrogen) atoms. The van der Waals surface area contributed by atoms with E-state index in [-0.39, 0.29) is 11.4 Å². The van der Waals surface area contributed by atoms with Gasteiger partial charge < -0.3 is 10.2 Å². The van der Waals surface area contributed by atoms with Gasteiger partial charge in [-0.3, -0.25) is 0 Å².